The second kappa shape index (κ2) is 4.08. The Bertz CT molecular complexity index is 544. The Kier molecular flexibility index (Phi) is 2.75. The number of rotatable bonds is 2. The normalized spacial score (nSPS) is 10.6. The van der Waals surface area contributed by atoms with Crippen LogP contribution in [0.3, 0.4) is 0 Å². The van der Waals surface area contributed by atoms with Gasteiger partial charge in [0.05, 0.1) is 12.8 Å². The van der Waals surface area contributed by atoms with Gasteiger partial charge in [-0.15, -0.1) is 0 Å². The number of methoxy groups -OCH3 is 1. The molecule has 0 bridgehead atoms. The zero-order chi connectivity index (χ0) is 12.6. The summed E-state index contributed by atoms with van der Waals surface area (Å²) in [5.41, 5.74) is 7.44. The molecule has 0 spiro atoms. The molecule has 0 aliphatic heterocycles. The molecule has 0 fully saturated rings. The first-order valence-electron chi connectivity index (χ1n) is 5.17. The number of nitrogens with two attached hydrogens (primary N) is 1. The molecular weight excluding hydrogens is 221 g/mol. The molecule has 0 saturated heterocycles. The van der Waals surface area contributed by atoms with Crippen molar-refractivity contribution in [1.82, 2.24) is 9.78 Å². The lowest BCUT2D eigenvalue weighted by molar-refractivity contribution is 0.386. The molecule has 17 heavy (non-hydrogen) atoms. The SMILES string of the molecule is COc1c(-c2cc(N)n(C)n2)ccc(C)c1F. The van der Waals surface area contributed by atoms with Crippen LogP contribution in [0, 0.1) is 12.7 Å². The van der Waals surface area contributed by atoms with Crippen molar-refractivity contribution >= 4 is 5.82 Å². The number of hydrogen-bond donors (Lipinski definition) is 1. The fourth-order valence-electron chi connectivity index (χ4n) is 1.67. The Labute approximate surface area is 98.8 Å². The van der Waals surface area contributed by atoms with Crippen LogP contribution < -0.4 is 10.5 Å². The second-order valence-corrected chi connectivity index (χ2v) is 3.86. The van der Waals surface area contributed by atoms with Crippen molar-refractivity contribution in [2.75, 3.05) is 12.8 Å². The summed E-state index contributed by atoms with van der Waals surface area (Å²) in [7, 11) is 3.17. The molecule has 0 aliphatic rings. The maximum absolute atomic E-state index is 13.9. The predicted molar refractivity (Wildman–Crippen MR) is 64.3 cm³/mol. The highest BCUT2D eigenvalue weighted by Crippen LogP contribution is 2.33. The summed E-state index contributed by atoms with van der Waals surface area (Å²) in [5, 5.41) is 4.20. The first kappa shape index (κ1) is 11.4. The summed E-state index contributed by atoms with van der Waals surface area (Å²) in [4.78, 5) is 0. The van der Waals surface area contributed by atoms with Gasteiger partial charge < -0.3 is 10.5 Å². The molecule has 0 atom stereocenters. The number of anilines is 1. The van der Waals surface area contributed by atoms with Crippen molar-refractivity contribution in [3.05, 3.63) is 29.6 Å². The lowest BCUT2D eigenvalue weighted by Gasteiger charge is -2.09. The van der Waals surface area contributed by atoms with Crippen LogP contribution in [0.1, 0.15) is 5.56 Å². The summed E-state index contributed by atoms with van der Waals surface area (Å²) >= 11 is 0. The molecule has 1 aromatic carbocycles. The van der Waals surface area contributed by atoms with Gasteiger partial charge in [0.2, 0.25) is 0 Å². The molecule has 2 rings (SSSR count). The van der Waals surface area contributed by atoms with Crippen LogP contribution >= 0.6 is 0 Å². The zero-order valence-corrected chi connectivity index (χ0v) is 9.99. The van der Waals surface area contributed by atoms with E-state index in [0.29, 0.717) is 22.6 Å². The molecule has 1 aromatic heterocycles. The van der Waals surface area contributed by atoms with Crippen molar-refractivity contribution in [2.45, 2.75) is 6.92 Å². The standard InChI is InChI=1S/C12H14FN3O/c1-7-4-5-8(12(17-3)11(7)13)9-6-10(14)16(2)15-9/h4-6H,14H2,1-3H3. The molecule has 0 aliphatic carbocycles. The highest BCUT2D eigenvalue weighted by molar-refractivity contribution is 5.70. The van der Waals surface area contributed by atoms with Gasteiger partial charge >= 0.3 is 0 Å². The van der Waals surface area contributed by atoms with E-state index < -0.39 is 0 Å². The Balaban J connectivity index is 2.63. The van der Waals surface area contributed by atoms with Crippen LogP contribution in [0.2, 0.25) is 0 Å². The Morgan fingerprint density at radius 3 is 2.65 bits per heavy atom. The summed E-state index contributed by atoms with van der Waals surface area (Å²) in [6.45, 7) is 1.69. The van der Waals surface area contributed by atoms with Crippen molar-refractivity contribution in [3.8, 4) is 17.0 Å². The minimum atomic E-state index is -0.366. The van der Waals surface area contributed by atoms with Crippen LogP contribution in [0.5, 0.6) is 5.75 Å². The van der Waals surface area contributed by atoms with Crippen LogP contribution in [0.25, 0.3) is 11.3 Å². The van der Waals surface area contributed by atoms with E-state index in [9.17, 15) is 4.39 Å². The third-order valence-electron chi connectivity index (χ3n) is 2.69. The van der Waals surface area contributed by atoms with Crippen molar-refractivity contribution in [1.29, 1.82) is 0 Å². The number of benzene rings is 1. The van der Waals surface area contributed by atoms with Gasteiger partial charge in [0, 0.05) is 18.7 Å². The lowest BCUT2D eigenvalue weighted by atomic mass is 10.1. The lowest BCUT2D eigenvalue weighted by Crippen LogP contribution is -1.97. The smallest absolute Gasteiger partial charge is 0.168 e. The highest BCUT2D eigenvalue weighted by Gasteiger charge is 2.16. The maximum Gasteiger partial charge on any atom is 0.168 e. The molecule has 90 valence electrons. The number of nitrogen functional groups attached to an aromatic ring is 1. The predicted octanol–water partition coefficient (Wildman–Crippen LogP) is 2.13. The van der Waals surface area contributed by atoms with Gasteiger partial charge in [-0.05, 0) is 18.6 Å². The maximum atomic E-state index is 13.9. The second-order valence-electron chi connectivity index (χ2n) is 3.86. The minimum absolute atomic E-state index is 0.197. The third kappa shape index (κ3) is 1.84. The molecule has 0 saturated carbocycles. The highest BCUT2D eigenvalue weighted by atomic mass is 19.1. The van der Waals surface area contributed by atoms with E-state index in [1.807, 2.05) is 0 Å². The van der Waals surface area contributed by atoms with Crippen LogP contribution in [0.15, 0.2) is 18.2 Å². The minimum Gasteiger partial charge on any atom is -0.493 e. The first-order valence-corrected chi connectivity index (χ1v) is 5.17. The van der Waals surface area contributed by atoms with Gasteiger partial charge in [-0.3, -0.25) is 4.68 Å². The van der Waals surface area contributed by atoms with Crippen molar-refractivity contribution in [3.63, 3.8) is 0 Å². The molecule has 2 aromatic rings. The van der Waals surface area contributed by atoms with E-state index in [1.54, 1.807) is 32.2 Å². The number of ether oxygens (including phenoxy) is 1. The first-order chi connectivity index (χ1) is 8.04. The molecule has 0 amide bonds. The summed E-state index contributed by atoms with van der Waals surface area (Å²) in [6.07, 6.45) is 0. The Morgan fingerprint density at radius 1 is 1.41 bits per heavy atom. The number of hydrogen-bond acceptors (Lipinski definition) is 3. The Morgan fingerprint density at radius 2 is 2.12 bits per heavy atom. The van der Waals surface area contributed by atoms with Gasteiger partial charge in [-0.1, -0.05) is 6.07 Å². The van der Waals surface area contributed by atoms with E-state index >= 15 is 0 Å². The average Bonchev–Trinajstić information content (AvgIpc) is 2.62. The van der Waals surface area contributed by atoms with Crippen molar-refractivity contribution in [2.24, 2.45) is 7.05 Å². The monoisotopic (exact) mass is 235 g/mol. The quantitative estimate of drug-likeness (QED) is 0.867. The fraction of sp³-hybridized carbons (Fsp3) is 0.250. The molecule has 5 heteroatoms. The van der Waals surface area contributed by atoms with Gasteiger partial charge in [0.25, 0.3) is 0 Å². The average molecular weight is 235 g/mol. The van der Waals surface area contributed by atoms with Gasteiger partial charge in [0.15, 0.2) is 11.6 Å². The molecule has 1 heterocycles. The molecule has 2 N–H and O–H groups in total. The van der Waals surface area contributed by atoms with Crippen molar-refractivity contribution < 1.29 is 9.13 Å². The topological polar surface area (TPSA) is 53.1 Å². The van der Waals surface area contributed by atoms with Gasteiger partial charge in [0.1, 0.15) is 5.82 Å². The van der Waals surface area contributed by atoms with E-state index in [1.165, 1.54) is 11.8 Å². The number of aromatic nitrogens is 2. The van der Waals surface area contributed by atoms with E-state index in [0.717, 1.165) is 0 Å². The largest absolute Gasteiger partial charge is 0.493 e. The molecular formula is C12H14FN3O. The molecule has 0 radical (unpaired) electrons. The summed E-state index contributed by atoms with van der Waals surface area (Å²) in [5.74, 6) is 0.348. The fourth-order valence-corrected chi connectivity index (χ4v) is 1.67. The number of aryl methyl sites for hydroxylation is 2. The van der Waals surface area contributed by atoms with E-state index in [4.69, 9.17) is 10.5 Å². The zero-order valence-electron chi connectivity index (χ0n) is 9.99. The van der Waals surface area contributed by atoms with Gasteiger partial charge in [-0.2, -0.15) is 5.10 Å². The number of halogens is 1. The molecule has 4 nitrogen and oxygen atoms in total. The summed E-state index contributed by atoms with van der Waals surface area (Å²) < 4.78 is 20.5. The van der Waals surface area contributed by atoms with Gasteiger partial charge in [-0.25, -0.2) is 4.39 Å². The summed E-state index contributed by atoms with van der Waals surface area (Å²) in [6, 6.07) is 5.16. The van der Waals surface area contributed by atoms with E-state index in [2.05, 4.69) is 5.10 Å². The third-order valence-corrected chi connectivity index (χ3v) is 2.69. The number of nitrogens with zero attached hydrogens (tertiary/aromatic N) is 2. The van der Waals surface area contributed by atoms with E-state index in [-0.39, 0.29) is 11.6 Å². The van der Waals surface area contributed by atoms with Crippen LogP contribution in [-0.4, -0.2) is 16.9 Å². The Hall–Kier alpha value is -2.04. The van der Waals surface area contributed by atoms with Crippen LogP contribution in [0.4, 0.5) is 10.2 Å². The molecule has 0 unspecified atom stereocenters. The van der Waals surface area contributed by atoms with Crippen LogP contribution in [-0.2, 0) is 7.05 Å².